The highest BCUT2D eigenvalue weighted by Crippen LogP contribution is 2.35. The molecule has 28 heavy (non-hydrogen) atoms. The Bertz CT molecular complexity index is 836. The van der Waals surface area contributed by atoms with Crippen molar-refractivity contribution >= 4 is 11.7 Å². The van der Waals surface area contributed by atoms with Gasteiger partial charge in [0.1, 0.15) is 6.10 Å². The van der Waals surface area contributed by atoms with Crippen LogP contribution in [0.3, 0.4) is 0 Å². The Kier molecular flexibility index (Phi) is 5.39. The van der Waals surface area contributed by atoms with Crippen LogP contribution in [0, 0.1) is 6.92 Å². The molecule has 1 aliphatic carbocycles. The minimum absolute atomic E-state index is 0.0716. The first kappa shape index (κ1) is 19.0. The zero-order valence-electron chi connectivity index (χ0n) is 16.9. The molecule has 2 aromatic heterocycles. The highest BCUT2D eigenvalue weighted by atomic mass is 16.5. The minimum Gasteiger partial charge on any atom is -0.371 e. The normalized spacial score (nSPS) is 23.1. The maximum absolute atomic E-state index is 12.7. The summed E-state index contributed by atoms with van der Waals surface area (Å²) in [5.74, 6) is 0.436. The van der Waals surface area contributed by atoms with Crippen molar-refractivity contribution in [2.24, 2.45) is 14.1 Å². The van der Waals surface area contributed by atoms with Gasteiger partial charge in [0.2, 0.25) is 0 Å². The Morgan fingerprint density at radius 3 is 2.71 bits per heavy atom. The van der Waals surface area contributed by atoms with Gasteiger partial charge < -0.3 is 15.4 Å². The summed E-state index contributed by atoms with van der Waals surface area (Å²) in [6, 6.07) is -0.273. The zero-order valence-corrected chi connectivity index (χ0v) is 16.9. The zero-order chi connectivity index (χ0) is 19.7. The summed E-state index contributed by atoms with van der Waals surface area (Å²) in [7, 11) is 3.82. The summed E-state index contributed by atoms with van der Waals surface area (Å²) >= 11 is 0. The molecule has 2 fully saturated rings. The molecule has 2 aliphatic rings. The van der Waals surface area contributed by atoms with Gasteiger partial charge in [-0.25, -0.2) is 4.79 Å². The van der Waals surface area contributed by atoms with Crippen LogP contribution in [0.4, 0.5) is 10.5 Å². The molecule has 0 aromatic carbocycles. The Labute approximate surface area is 165 Å². The third kappa shape index (κ3) is 3.78. The van der Waals surface area contributed by atoms with Crippen LogP contribution in [-0.2, 0) is 18.8 Å². The van der Waals surface area contributed by atoms with E-state index in [-0.39, 0.29) is 18.2 Å². The predicted molar refractivity (Wildman–Crippen MR) is 106 cm³/mol. The molecule has 2 aromatic rings. The first-order valence-corrected chi connectivity index (χ1v) is 10.2. The number of hydrogen-bond acceptors (Lipinski definition) is 4. The van der Waals surface area contributed by atoms with Crippen LogP contribution in [0.25, 0.3) is 0 Å². The standard InChI is InChI=1S/C20H30N6O2/c1-13-15(11-21-26(13)3)19-16(9-10-28-19)22-20(27)23-17-12-25(2)24-18(17)14-7-5-4-6-8-14/h11-12,14,16,19H,4-10H2,1-3H3,(H2,22,23,27)/t16-,19+/m0/s1. The largest absolute Gasteiger partial charge is 0.371 e. The summed E-state index contributed by atoms with van der Waals surface area (Å²) < 4.78 is 9.53. The second kappa shape index (κ2) is 7.95. The topological polar surface area (TPSA) is 86.0 Å². The fourth-order valence-electron chi connectivity index (χ4n) is 4.45. The van der Waals surface area contributed by atoms with E-state index in [0.717, 1.165) is 41.9 Å². The van der Waals surface area contributed by atoms with Gasteiger partial charge in [-0.15, -0.1) is 0 Å². The van der Waals surface area contributed by atoms with Crippen LogP contribution in [-0.4, -0.2) is 38.2 Å². The monoisotopic (exact) mass is 386 g/mol. The van der Waals surface area contributed by atoms with Gasteiger partial charge in [0.25, 0.3) is 0 Å². The quantitative estimate of drug-likeness (QED) is 0.845. The molecule has 2 atom stereocenters. The molecule has 1 saturated carbocycles. The Balaban J connectivity index is 1.44. The molecule has 1 saturated heterocycles. The molecule has 0 radical (unpaired) electrons. The number of ether oxygens (including phenoxy) is 1. The highest BCUT2D eigenvalue weighted by Gasteiger charge is 2.33. The van der Waals surface area contributed by atoms with Crippen LogP contribution in [0.2, 0.25) is 0 Å². The number of carbonyl (C=O) groups is 1. The molecular formula is C20H30N6O2. The number of rotatable bonds is 4. The molecule has 2 amide bonds. The first-order valence-electron chi connectivity index (χ1n) is 10.2. The van der Waals surface area contributed by atoms with Crippen LogP contribution in [0.15, 0.2) is 12.4 Å². The molecule has 8 heteroatoms. The summed E-state index contributed by atoms with van der Waals surface area (Å²) in [5, 5.41) is 15.1. The lowest BCUT2D eigenvalue weighted by Gasteiger charge is -2.22. The van der Waals surface area contributed by atoms with Crippen molar-refractivity contribution in [1.29, 1.82) is 0 Å². The van der Waals surface area contributed by atoms with Crippen molar-refractivity contribution in [3.8, 4) is 0 Å². The fourth-order valence-corrected chi connectivity index (χ4v) is 4.45. The fraction of sp³-hybridized carbons (Fsp3) is 0.650. The summed E-state index contributed by atoms with van der Waals surface area (Å²) in [6.45, 7) is 2.65. The number of carbonyl (C=O) groups excluding carboxylic acids is 1. The van der Waals surface area contributed by atoms with Crippen molar-refractivity contribution in [3.63, 3.8) is 0 Å². The number of nitrogens with one attached hydrogen (secondary N) is 2. The van der Waals surface area contributed by atoms with E-state index >= 15 is 0 Å². The van der Waals surface area contributed by atoms with E-state index < -0.39 is 0 Å². The molecule has 0 bridgehead atoms. The number of amides is 2. The lowest BCUT2D eigenvalue weighted by Crippen LogP contribution is -2.39. The van der Waals surface area contributed by atoms with E-state index in [1.165, 1.54) is 19.3 Å². The van der Waals surface area contributed by atoms with Gasteiger partial charge >= 0.3 is 6.03 Å². The minimum atomic E-state index is -0.202. The molecule has 1 aliphatic heterocycles. The van der Waals surface area contributed by atoms with E-state index in [9.17, 15) is 4.79 Å². The van der Waals surface area contributed by atoms with E-state index in [1.54, 1.807) is 4.68 Å². The number of aromatic nitrogens is 4. The molecule has 2 N–H and O–H groups in total. The number of anilines is 1. The first-order chi connectivity index (χ1) is 13.5. The summed E-state index contributed by atoms with van der Waals surface area (Å²) in [6.07, 6.45) is 10.4. The molecule has 152 valence electrons. The molecule has 4 rings (SSSR count). The molecule has 8 nitrogen and oxygen atoms in total. The van der Waals surface area contributed by atoms with Crippen molar-refractivity contribution in [3.05, 3.63) is 29.3 Å². The summed E-state index contributed by atoms with van der Waals surface area (Å²) in [5.41, 5.74) is 3.93. The maximum atomic E-state index is 12.7. The number of aryl methyl sites for hydroxylation is 2. The van der Waals surface area contributed by atoms with E-state index in [1.807, 2.05) is 38.1 Å². The van der Waals surface area contributed by atoms with Gasteiger partial charge in [-0.2, -0.15) is 10.2 Å². The Hall–Kier alpha value is -2.35. The second-order valence-electron chi connectivity index (χ2n) is 8.03. The summed E-state index contributed by atoms with van der Waals surface area (Å²) in [4.78, 5) is 12.7. The number of hydrogen-bond donors (Lipinski definition) is 2. The average Bonchev–Trinajstić information content (AvgIpc) is 3.36. The van der Waals surface area contributed by atoms with Gasteiger partial charge in [-0.3, -0.25) is 9.36 Å². The van der Waals surface area contributed by atoms with Crippen LogP contribution < -0.4 is 10.6 Å². The van der Waals surface area contributed by atoms with Crippen LogP contribution in [0.1, 0.15) is 67.5 Å². The molecule has 0 unspecified atom stereocenters. The Morgan fingerprint density at radius 1 is 1.21 bits per heavy atom. The maximum Gasteiger partial charge on any atom is 0.319 e. The van der Waals surface area contributed by atoms with E-state index in [2.05, 4.69) is 20.8 Å². The van der Waals surface area contributed by atoms with Gasteiger partial charge in [0.05, 0.1) is 23.6 Å². The van der Waals surface area contributed by atoms with E-state index in [4.69, 9.17) is 4.74 Å². The second-order valence-corrected chi connectivity index (χ2v) is 8.03. The molecule has 3 heterocycles. The predicted octanol–water partition coefficient (Wildman–Crippen LogP) is 3.16. The smallest absolute Gasteiger partial charge is 0.319 e. The van der Waals surface area contributed by atoms with Crippen molar-refractivity contribution < 1.29 is 9.53 Å². The van der Waals surface area contributed by atoms with Gasteiger partial charge in [-0.1, -0.05) is 19.3 Å². The van der Waals surface area contributed by atoms with Crippen molar-refractivity contribution in [2.45, 2.75) is 63.5 Å². The van der Waals surface area contributed by atoms with Crippen LogP contribution in [0.5, 0.6) is 0 Å². The van der Waals surface area contributed by atoms with E-state index in [0.29, 0.717) is 12.5 Å². The SMILES string of the molecule is Cc1c([C@H]2OCC[C@@H]2NC(=O)Nc2cn(C)nc2C2CCCCC2)cnn1C. The number of nitrogens with zero attached hydrogens (tertiary/aromatic N) is 4. The lowest BCUT2D eigenvalue weighted by atomic mass is 9.86. The average molecular weight is 387 g/mol. The van der Waals surface area contributed by atoms with Gasteiger partial charge in [0, 0.05) is 44.1 Å². The van der Waals surface area contributed by atoms with Gasteiger partial charge in [-0.05, 0) is 26.2 Å². The van der Waals surface area contributed by atoms with Gasteiger partial charge in [0.15, 0.2) is 0 Å². The lowest BCUT2D eigenvalue weighted by molar-refractivity contribution is 0.0998. The number of urea groups is 1. The van der Waals surface area contributed by atoms with Crippen LogP contribution >= 0.6 is 0 Å². The third-order valence-corrected chi connectivity index (χ3v) is 6.09. The Morgan fingerprint density at radius 2 is 2.00 bits per heavy atom. The molecular weight excluding hydrogens is 356 g/mol. The van der Waals surface area contributed by atoms with Crippen molar-refractivity contribution in [2.75, 3.05) is 11.9 Å². The highest BCUT2D eigenvalue weighted by molar-refractivity contribution is 5.90. The molecule has 0 spiro atoms. The third-order valence-electron chi connectivity index (χ3n) is 6.09. The van der Waals surface area contributed by atoms with Crippen molar-refractivity contribution in [1.82, 2.24) is 24.9 Å².